The number of amides is 1. The van der Waals surface area contributed by atoms with E-state index in [1.807, 2.05) is 0 Å². The van der Waals surface area contributed by atoms with Gasteiger partial charge in [0.2, 0.25) is 12.2 Å². The van der Waals surface area contributed by atoms with Crippen molar-refractivity contribution in [2.45, 2.75) is 44.5 Å². The van der Waals surface area contributed by atoms with Gasteiger partial charge in [0.25, 0.3) is 0 Å². The molecule has 1 aromatic heterocycles. The van der Waals surface area contributed by atoms with Crippen molar-refractivity contribution in [3.05, 3.63) is 40.2 Å². The van der Waals surface area contributed by atoms with Crippen molar-refractivity contribution < 1.29 is 34.0 Å². The topological polar surface area (TPSA) is 138 Å². The Kier molecular flexibility index (Phi) is 5.47. The number of aryl methyl sites for hydroxylation is 1. The van der Waals surface area contributed by atoms with Crippen LogP contribution in [0.3, 0.4) is 0 Å². The van der Waals surface area contributed by atoms with Gasteiger partial charge in [0.1, 0.15) is 35.7 Å². The van der Waals surface area contributed by atoms with Crippen LogP contribution in [0, 0.1) is 6.92 Å². The second-order valence-corrected chi connectivity index (χ2v) is 6.46. The Bertz CT molecular complexity index is 895. The Hall–Kier alpha value is -2.46. The fraction of sp³-hybridized carbons (Fsp3) is 0.444. The quantitative estimate of drug-likeness (QED) is 0.518. The third kappa shape index (κ3) is 3.96. The molecule has 2 heterocycles. The summed E-state index contributed by atoms with van der Waals surface area (Å²) in [5.74, 6) is -0.192. The van der Waals surface area contributed by atoms with Gasteiger partial charge in [0, 0.05) is 24.4 Å². The summed E-state index contributed by atoms with van der Waals surface area (Å²) in [5, 5.41) is 32.9. The molecule has 4 N–H and O–H groups in total. The van der Waals surface area contributed by atoms with Gasteiger partial charge >= 0.3 is 5.63 Å². The third-order valence-electron chi connectivity index (χ3n) is 4.43. The van der Waals surface area contributed by atoms with Crippen molar-refractivity contribution in [1.29, 1.82) is 0 Å². The highest BCUT2D eigenvalue weighted by molar-refractivity contribution is 5.81. The monoisotopic (exact) mass is 379 g/mol. The first-order valence-electron chi connectivity index (χ1n) is 8.41. The molecule has 1 aliphatic rings. The van der Waals surface area contributed by atoms with E-state index in [0.717, 1.165) is 10.9 Å². The molecule has 1 amide bonds. The minimum absolute atomic E-state index is 0.261. The van der Waals surface area contributed by atoms with Crippen LogP contribution in [-0.2, 0) is 9.53 Å². The maximum atomic E-state index is 11.6. The largest absolute Gasteiger partial charge is 0.462 e. The summed E-state index contributed by atoms with van der Waals surface area (Å²) in [5.41, 5.74) is 0.557. The van der Waals surface area contributed by atoms with Gasteiger partial charge in [0.05, 0.1) is 6.61 Å². The predicted octanol–water partition coefficient (Wildman–Crippen LogP) is -0.576. The lowest BCUT2D eigenvalue weighted by atomic mass is 9.97. The summed E-state index contributed by atoms with van der Waals surface area (Å²) in [7, 11) is 0. The Morgan fingerprint density at radius 1 is 1.26 bits per heavy atom. The number of benzene rings is 1. The molecule has 1 aliphatic heterocycles. The first-order chi connectivity index (χ1) is 12.8. The Morgan fingerprint density at radius 3 is 2.67 bits per heavy atom. The zero-order valence-corrected chi connectivity index (χ0v) is 14.8. The highest BCUT2D eigenvalue weighted by atomic mass is 16.7. The number of hydrogen-bond acceptors (Lipinski definition) is 8. The van der Waals surface area contributed by atoms with Crippen LogP contribution in [0.4, 0.5) is 0 Å². The van der Waals surface area contributed by atoms with Crippen molar-refractivity contribution in [1.82, 2.24) is 5.32 Å². The average molecular weight is 379 g/mol. The molecule has 27 heavy (non-hydrogen) atoms. The van der Waals surface area contributed by atoms with Gasteiger partial charge in [-0.15, -0.1) is 0 Å². The van der Waals surface area contributed by atoms with Crippen molar-refractivity contribution in [3.63, 3.8) is 0 Å². The van der Waals surface area contributed by atoms with Gasteiger partial charge < -0.3 is 34.5 Å². The molecule has 0 radical (unpaired) electrons. The molecule has 3 rings (SSSR count). The van der Waals surface area contributed by atoms with Crippen LogP contribution in [-0.4, -0.2) is 58.5 Å². The SMILES string of the molecule is CC(=O)N[C@@H]1[C@H](Oc2ccc3c(C)cc(=O)oc3c2)O[C@@H](CO)[C@H](O)[C@@H]1O. The summed E-state index contributed by atoms with van der Waals surface area (Å²) in [6.07, 6.45) is -5.08. The standard InChI is InChI=1S/C18H21NO8/c1-8-5-14(22)26-12-6-10(3-4-11(8)12)25-18-15(19-9(2)21)17(24)16(23)13(7-20)27-18/h3-6,13,15-18,20,23-24H,7H2,1-2H3,(H,19,21)/t13-,15-,16-,17+,18+/m0/s1. The number of nitrogens with one attached hydrogen (secondary N) is 1. The van der Waals surface area contributed by atoms with Gasteiger partial charge in [0.15, 0.2) is 0 Å². The maximum absolute atomic E-state index is 11.6. The molecular weight excluding hydrogens is 358 g/mol. The predicted molar refractivity (Wildman–Crippen MR) is 93.2 cm³/mol. The van der Waals surface area contributed by atoms with Crippen molar-refractivity contribution >= 4 is 16.9 Å². The number of ether oxygens (including phenoxy) is 2. The third-order valence-corrected chi connectivity index (χ3v) is 4.43. The zero-order valence-electron chi connectivity index (χ0n) is 14.8. The second kappa shape index (κ2) is 7.65. The van der Waals surface area contributed by atoms with Gasteiger partial charge in [-0.05, 0) is 24.6 Å². The number of fused-ring (bicyclic) bond motifs is 1. The molecule has 1 fully saturated rings. The van der Waals surface area contributed by atoms with Crippen molar-refractivity contribution in [2.24, 2.45) is 0 Å². The lowest BCUT2D eigenvalue weighted by molar-refractivity contribution is -0.244. The first-order valence-corrected chi connectivity index (χ1v) is 8.41. The minimum Gasteiger partial charge on any atom is -0.462 e. The molecule has 0 bridgehead atoms. The molecule has 5 atom stereocenters. The van der Waals surface area contributed by atoms with Crippen LogP contribution in [0.25, 0.3) is 11.0 Å². The molecule has 0 aliphatic carbocycles. The van der Waals surface area contributed by atoms with E-state index in [2.05, 4.69) is 5.32 Å². The Labute approximate surface area is 154 Å². The van der Waals surface area contributed by atoms with E-state index in [4.69, 9.17) is 13.9 Å². The molecule has 1 aromatic carbocycles. The van der Waals surface area contributed by atoms with Gasteiger partial charge in [-0.25, -0.2) is 4.79 Å². The van der Waals surface area contributed by atoms with Crippen LogP contribution < -0.4 is 15.7 Å². The first kappa shape index (κ1) is 19.3. The maximum Gasteiger partial charge on any atom is 0.336 e. The van der Waals surface area contributed by atoms with Gasteiger partial charge in [-0.1, -0.05) is 0 Å². The zero-order chi connectivity index (χ0) is 19.7. The molecule has 0 saturated carbocycles. The van der Waals surface area contributed by atoms with Crippen molar-refractivity contribution in [2.75, 3.05) is 6.61 Å². The van der Waals surface area contributed by atoms with E-state index in [1.165, 1.54) is 19.1 Å². The number of rotatable bonds is 4. The highest BCUT2D eigenvalue weighted by Crippen LogP contribution is 2.27. The van der Waals surface area contributed by atoms with Crippen LogP contribution in [0.2, 0.25) is 0 Å². The minimum atomic E-state index is -1.41. The number of carbonyl (C=O) groups is 1. The molecule has 0 spiro atoms. The number of carbonyl (C=O) groups excluding carboxylic acids is 1. The van der Waals surface area contributed by atoms with Crippen LogP contribution >= 0.6 is 0 Å². The summed E-state index contributed by atoms with van der Waals surface area (Å²) in [6, 6.07) is 5.12. The molecule has 9 heteroatoms. The Balaban J connectivity index is 1.91. The normalized spacial score (nSPS) is 28.1. The van der Waals surface area contributed by atoms with E-state index in [1.54, 1.807) is 19.1 Å². The molecular formula is C18H21NO8. The molecule has 1 saturated heterocycles. The van der Waals surface area contributed by atoms with E-state index < -0.39 is 48.8 Å². The number of hydrogen-bond donors (Lipinski definition) is 4. The lowest BCUT2D eigenvalue weighted by Crippen LogP contribution is -2.65. The Morgan fingerprint density at radius 2 is 2.00 bits per heavy atom. The number of aliphatic hydroxyl groups is 3. The highest BCUT2D eigenvalue weighted by Gasteiger charge is 2.46. The van der Waals surface area contributed by atoms with E-state index >= 15 is 0 Å². The fourth-order valence-corrected chi connectivity index (χ4v) is 3.08. The van der Waals surface area contributed by atoms with E-state index in [9.17, 15) is 24.9 Å². The van der Waals surface area contributed by atoms with E-state index in [-0.39, 0.29) is 5.75 Å². The summed E-state index contributed by atoms with van der Waals surface area (Å²) in [4.78, 5) is 23.0. The molecule has 2 aromatic rings. The summed E-state index contributed by atoms with van der Waals surface area (Å²) >= 11 is 0. The molecule has 9 nitrogen and oxygen atoms in total. The van der Waals surface area contributed by atoms with Gasteiger partial charge in [-0.3, -0.25) is 4.79 Å². The molecule has 0 unspecified atom stereocenters. The lowest BCUT2D eigenvalue weighted by Gasteiger charge is -2.42. The summed E-state index contributed by atoms with van der Waals surface area (Å²) < 4.78 is 16.4. The second-order valence-electron chi connectivity index (χ2n) is 6.46. The number of aliphatic hydroxyl groups excluding tert-OH is 3. The van der Waals surface area contributed by atoms with Crippen LogP contribution in [0.1, 0.15) is 12.5 Å². The fourth-order valence-electron chi connectivity index (χ4n) is 3.08. The van der Waals surface area contributed by atoms with Crippen LogP contribution in [0.5, 0.6) is 5.75 Å². The summed E-state index contributed by atoms with van der Waals surface area (Å²) in [6.45, 7) is 2.48. The van der Waals surface area contributed by atoms with Gasteiger partial charge in [-0.2, -0.15) is 0 Å². The van der Waals surface area contributed by atoms with E-state index in [0.29, 0.717) is 5.58 Å². The average Bonchev–Trinajstić information content (AvgIpc) is 2.60. The molecule has 146 valence electrons. The smallest absolute Gasteiger partial charge is 0.336 e. The van der Waals surface area contributed by atoms with Crippen LogP contribution in [0.15, 0.2) is 33.5 Å². The van der Waals surface area contributed by atoms with Crippen molar-refractivity contribution in [3.8, 4) is 5.75 Å².